The maximum Gasteiger partial charge on any atom is -0.00768 e. The molecule has 3 aliphatic rings. The lowest BCUT2D eigenvalue weighted by Gasteiger charge is -2.16. The molecule has 4 rings (SSSR count). The van der Waals surface area contributed by atoms with Gasteiger partial charge in [-0.05, 0) is 84.8 Å². The smallest absolute Gasteiger partial charge is 0.00768 e. The second kappa shape index (κ2) is 4.12. The van der Waals surface area contributed by atoms with Crippen molar-refractivity contribution in [2.75, 3.05) is 0 Å². The summed E-state index contributed by atoms with van der Waals surface area (Å²) in [5, 5.41) is 0. The number of fused-ring (bicyclic) bond motifs is 2. The molecule has 0 bridgehead atoms. The first-order chi connectivity index (χ1) is 8.95. The highest BCUT2D eigenvalue weighted by molar-refractivity contribution is 6.01. The van der Waals surface area contributed by atoms with Crippen molar-refractivity contribution in [3.63, 3.8) is 0 Å². The Morgan fingerprint density at radius 1 is 0.778 bits per heavy atom. The van der Waals surface area contributed by atoms with Crippen molar-refractivity contribution in [1.82, 2.24) is 0 Å². The molecule has 0 amide bonds. The van der Waals surface area contributed by atoms with Gasteiger partial charge < -0.3 is 0 Å². The fraction of sp³-hybridized carbons (Fsp3) is 0.444. The van der Waals surface area contributed by atoms with Crippen LogP contribution in [0.15, 0.2) is 29.8 Å². The Morgan fingerprint density at radius 2 is 1.61 bits per heavy atom. The van der Waals surface area contributed by atoms with Crippen LogP contribution in [0.25, 0.3) is 11.1 Å². The van der Waals surface area contributed by atoms with Gasteiger partial charge in [0.05, 0.1) is 0 Å². The number of hydrogen-bond acceptors (Lipinski definition) is 0. The molecule has 0 saturated carbocycles. The molecule has 3 aliphatic carbocycles. The highest BCUT2D eigenvalue weighted by Gasteiger charge is 2.29. The molecule has 0 unspecified atom stereocenters. The summed E-state index contributed by atoms with van der Waals surface area (Å²) in [6.45, 7) is 0. The lowest BCUT2D eigenvalue weighted by molar-refractivity contribution is 0.727. The Hall–Kier alpha value is -1.30. The quantitative estimate of drug-likeness (QED) is 0.585. The van der Waals surface area contributed by atoms with Gasteiger partial charge in [0.1, 0.15) is 0 Å². The normalized spacial score (nSPS) is 21.9. The average Bonchev–Trinajstić information content (AvgIpc) is 2.70. The SMILES string of the molecule is C1=C2C3=C(CCCC3)c3cccc(c32)CCCC1. The van der Waals surface area contributed by atoms with Gasteiger partial charge in [0.25, 0.3) is 0 Å². The highest BCUT2D eigenvalue weighted by atomic mass is 14.3. The lowest BCUT2D eigenvalue weighted by Crippen LogP contribution is -1.97. The predicted octanol–water partition coefficient (Wildman–Crippen LogP) is 5.14. The van der Waals surface area contributed by atoms with Crippen LogP contribution >= 0.6 is 0 Å². The largest absolute Gasteiger partial charge is 0.0763 e. The van der Waals surface area contributed by atoms with Gasteiger partial charge in [0.15, 0.2) is 0 Å². The zero-order valence-electron chi connectivity index (χ0n) is 11.0. The van der Waals surface area contributed by atoms with Gasteiger partial charge in [-0.25, -0.2) is 0 Å². The van der Waals surface area contributed by atoms with Crippen LogP contribution in [0, 0.1) is 0 Å². The highest BCUT2D eigenvalue weighted by Crippen LogP contribution is 2.49. The number of allylic oxidation sites excluding steroid dienone is 4. The summed E-state index contributed by atoms with van der Waals surface area (Å²) in [4.78, 5) is 0. The van der Waals surface area contributed by atoms with Gasteiger partial charge in [-0.1, -0.05) is 24.3 Å². The van der Waals surface area contributed by atoms with Crippen LogP contribution in [0.2, 0.25) is 0 Å². The third-order valence-electron chi connectivity index (χ3n) is 4.79. The minimum atomic E-state index is 1.28. The molecule has 0 heterocycles. The summed E-state index contributed by atoms with van der Waals surface area (Å²) in [6, 6.07) is 7.00. The molecule has 0 nitrogen and oxygen atoms in total. The molecule has 0 spiro atoms. The maximum absolute atomic E-state index is 2.54. The molecular weight excluding hydrogens is 216 g/mol. The van der Waals surface area contributed by atoms with E-state index in [0.717, 1.165) is 0 Å². The van der Waals surface area contributed by atoms with Crippen LogP contribution in [-0.2, 0) is 6.42 Å². The van der Waals surface area contributed by atoms with E-state index in [1.807, 2.05) is 0 Å². The first kappa shape index (κ1) is 10.6. The van der Waals surface area contributed by atoms with Crippen molar-refractivity contribution in [3.8, 4) is 0 Å². The lowest BCUT2D eigenvalue weighted by atomic mass is 9.89. The van der Waals surface area contributed by atoms with Crippen LogP contribution in [0.1, 0.15) is 61.6 Å². The first-order valence-corrected chi connectivity index (χ1v) is 7.50. The molecule has 1 aromatic rings. The third kappa shape index (κ3) is 1.44. The topological polar surface area (TPSA) is 0 Å². The minimum Gasteiger partial charge on any atom is -0.0763 e. The Morgan fingerprint density at radius 3 is 2.56 bits per heavy atom. The van der Waals surface area contributed by atoms with E-state index in [1.165, 1.54) is 51.4 Å². The molecule has 0 atom stereocenters. The Balaban J connectivity index is 1.98. The molecule has 1 aromatic carbocycles. The van der Waals surface area contributed by atoms with Crippen LogP contribution in [0.4, 0.5) is 0 Å². The van der Waals surface area contributed by atoms with Crippen molar-refractivity contribution in [3.05, 3.63) is 46.5 Å². The number of aryl methyl sites for hydroxylation is 1. The monoisotopic (exact) mass is 236 g/mol. The van der Waals surface area contributed by atoms with Gasteiger partial charge in [-0.3, -0.25) is 0 Å². The molecule has 0 fully saturated rings. The van der Waals surface area contributed by atoms with E-state index in [9.17, 15) is 0 Å². The molecular formula is C18H20. The molecule has 92 valence electrons. The molecule has 0 heteroatoms. The Labute approximate surface area is 109 Å². The van der Waals surface area contributed by atoms with Crippen molar-refractivity contribution in [2.24, 2.45) is 0 Å². The van der Waals surface area contributed by atoms with Gasteiger partial charge in [0.2, 0.25) is 0 Å². The van der Waals surface area contributed by atoms with E-state index in [1.54, 1.807) is 33.4 Å². The third-order valence-corrected chi connectivity index (χ3v) is 4.79. The second-order valence-electron chi connectivity index (χ2n) is 5.87. The van der Waals surface area contributed by atoms with Gasteiger partial charge >= 0.3 is 0 Å². The van der Waals surface area contributed by atoms with Gasteiger partial charge in [-0.2, -0.15) is 0 Å². The average molecular weight is 236 g/mol. The predicted molar refractivity (Wildman–Crippen MR) is 77.4 cm³/mol. The molecule has 0 saturated heterocycles. The standard InChI is InChI=1S/C18H20/c1-2-7-13-8-6-12-17-15-10-5-4-9-14(15)16(11-3-1)18(13)17/h6,8,11-12H,1-5,7,9-10H2. The summed E-state index contributed by atoms with van der Waals surface area (Å²) in [5.41, 5.74) is 9.80. The summed E-state index contributed by atoms with van der Waals surface area (Å²) < 4.78 is 0. The second-order valence-corrected chi connectivity index (χ2v) is 5.87. The zero-order valence-corrected chi connectivity index (χ0v) is 11.0. The van der Waals surface area contributed by atoms with Crippen molar-refractivity contribution in [1.29, 1.82) is 0 Å². The molecule has 18 heavy (non-hydrogen) atoms. The minimum absolute atomic E-state index is 1.28. The maximum atomic E-state index is 2.54. The van der Waals surface area contributed by atoms with Gasteiger partial charge in [0, 0.05) is 0 Å². The first-order valence-electron chi connectivity index (χ1n) is 7.50. The van der Waals surface area contributed by atoms with Crippen molar-refractivity contribution in [2.45, 2.75) is 51.4 Å². The van der Waals surface area contributed by atoms with Crippen LogP contribution < -0.4 is 0 Å². The molecule has 0 radical (unpaired) electrons. The van der Waals surface area contributed by atoms with Crippen LogP contribution in [-0.4, -0.2) is 0 Å². The Kier molecular flexibility index (Phi) is 2.43. The van der Waals surface area contributed by atoms with E-state index in [0.29, 0.717) is 0 Å². The summed E-state index contributed by atoms with van der Waals surface area (Å²) in [5.74, 6) is 0. The van der Waals surface area contributed by atoms with E-state index in [2.05, 4.69) is 24.3 Å². The van der Waals surface area contributed by atoms with Crippen molar-refractivity contribution >= 4 is 11.1 Å². The molecule has 0 aromatic heterocycles. The number of rotatable bonds is 0. The van der Waals surface area contributed by atoms with Crippen molar-refractivity contribution < 1.29 is 0 Å². The van der Waals surface area contributed by atoms with Crippen LogP contribution in [0.3, 0.4) is 0 Å². The van der Waals surface area contributed by atoms with Gasteiger partial charge in [-0.15, -0.1) is 0 Å². The molecule has 0 N–H and O–H groups in total. The number of benzene rings is 1. The summed E-state index contributed by atoms with van der Waals surface area (Å²) in [6.07, 6.45) is 13.2. The summed E-state index contributed by atoms with van der Waals surface area (Å²) >= 11 is 0. The Bertz CT molecular complexity index is 557. The zero-order chi connectivity index (χ0) is 11.9. The van der Waals surface area contributed by atoms with E-state index < -0.39 is 0 Å². The number of hydrogen-bond donors (Lipinski definition) is 0. The van der Waals surface area contributed by atoms with E-state index in [-0.39, 0.29) is 0 Å². The fourth-order valence-electron chi connectivity index (χ4n) is 3.96. The van der Waals surface area contributed by atoms with E-state index >= 15 is 0 Å². The fourth-order valence-corrected chi connectivity index (χ4v) is 3.96. The molecule has 0 aliphatic heterocycles. The van der Waals surface area contributed by atoms with E-state index in [4.69, 9.17) is 0 Å². The summed E-state index contributed by atoms with van der Waals surface area (Å²) in [7, 11) is 0. The van der Waals surface area contributed by atoms with Crippen LogP contribution in [0.5, 0.6) is 0 Å².